The van der Waals surface area contributed by atoms with Crippen molar-refractivity contribution in [3.8, 4) is 0 Å². The molecular formula is C18H26N2S. The number of nitrogens with zero attached hydrogens (tertiary/aromatic N) is 1. The third kappa shape index (κ3) is 4.67. The number of nitrogens with two attached hydrogens (primary N) is 1. The SMILES string of the molecule is Cc1ccccc1C(N)CCN(Cc1cccs1)C(C)C. The van der Waals surface area contributed by atoms with E-state index in [4.69, 9.17) is 5.73 Å². The minimum atomic E-state index is 0.121. The summed E-state index contributed by atoms with van der Waals surface area (Å²) in [5.41, 5.74) is 8.96. The molecule has 1 aromatic carbocycles. The summed E-state index contributed by atoms with van der Waals surface area (Å²) in [6.07, 6.45) is 0.994. The van der Waals surface area contributed by atoms with Gasteiger partial charge >= 0.3 is 0 Å². The summed E-state index contributed by atoms with van der Waals surface area (Å²) in [6.45, 7) is 8.71. The molecule has 0 amide bonds. The molecule has 1 unspecified atom stereocenters. The van der Waals surface area contributed by atoms with Crippen LogP contribution in [0.2, 0.25) is 0 Å². The molecule has 0 spiro atoms. The molecule has 21 heavy (non-hydrogen) atoms. The van der Waals surface area contributed by atoms with Crippen LogP contribution in [0.3, 0.4) is 0 Å². The summed E-state index contributed by atoms with van der Waals surface area (Å²) >= 11 is 1.83. The van der Waals surface area contributed by atoms with Gasteiger partial charge in [0.2, 0.25) is 0 Å². The van der Waals surface area contributed by atoms with Crippen molar-refractivity contribution in [1.82, 2.24) is 4.90 Å². The van der Waals surface area contributed by atoms with Gasteiger partial charge in [0.05, 0.1) is 0 Å². The van der Waals surface area contributed by atoms with Crippen LogP contribution in [-0.4, -0.2) is 17.5 Å². The highest BCUT2D eigenvalue weighted by atomic mass is 32.1. The topological polar surface area (TPSA) is 29.3 Å². The molecule has 0 radical (unpaired) electrons. The van der Waals surface area contributed by atoms with E-state index in [1.807, 2.05) is 11.3 Å². The van der Waals surface area contributed by atoms with E-state index in [1.165, 1.54) is 16.0 Å². The van der Waals surface area contributed by atoms with Gasteiger partial charge in [0.25, 0.3) is 0 Å². The molecule has 3 heteroatoms. The lowest BCUT2D eigenvalue weighted by atomic mass is 9.99. The summed E-state index contributed by atoms with van der Waals surface area (Å²) in [6, 6.07) is 13.4. The van der Waals surface area contributed by atoms with Crippen LogP contribution in [0.5, 0.6) is 0 Å². The highest BCUT2D eigenvalue weighted by Crippen LogP contribution is 2.20. The Morgan fingerprint density at radius 3 is 2.52 bits per heavy atom. The van der Waals surface area contributed by atoms with E-state index in [9.17, 15) is 0 Å². The van der Waals surface area contributed by atoms with Crippen LogP contribution in [0.4, 0.5) is 0 Å². The molecule has 1 aromatic heterocycles. The van der Waals surface area contributed by atoms with Crippen molar-refractivity contribution in [3.63, 3.8) is 0 Å². The van der Waals surface area contributed by atoms with Crippen molar-refractivity contribution in [2.24, 2.45) is 5.73 Å². The third-order valence-electron chi connectivity index (χ3n) is 3.98. The van der Waals surface area contributed by atoms with Crippen molar-refractivity contribution >= 4 is 11.3 Å². The fraction of sp³-hybridized carbons (Fsp3) is 0.444. The van der Waals surface area contributed by atoms with E-state index in [1.54, 1.807) is 0 Å². The highest BCUT2D eigenvalue weighted by Gasteiger charge is 2.14. The number of hydrogen-bond acceptors (Lipinski definition) is 3. The van der Waals surface area contributed by atoms with Crippen LogP contribution in [0.1, 0.15) is 42.3 Å². The molecule has 0 saturated carbocycles. The van der Waals surface area contributed by atoms with Gasteiger partial charge in [0, 0.05) is 30.1 Å². The Morgan fingerprint density at radius 1 is 1.14 bits per heavy atom. The minimum absolute atomic E-state index is 0.121. The van der Waals surface area contributed by atoms with Gasteiger partial charge in [0.15, 0.2) is 0 Å². The van der Waals surface area contributed by atoms with Crippen molar-refractivity contribution in [1.29, 1.82) is 0 Å². The van der Waals surface area contributed by atoms with Crippen LogP contribution in [-0.2, 0) is 6.54 Å². The molecule has 2 aromatic rings. The quantitative estimate of drug-likeness (QED) is 0.823. The number of rotatable bonds is 7. The number of aryl methyl sites for hydroxylation is 1. The second-order valence-electron chi connectivity index (χ2n) is 5.90. The summed E-state index contributed by atoms with van der Waals surface area (Å²) in [5.74, 6) is 0. The predicted molar refractivity (Wildman–Crippen MR) is 92.6 cm³/mol. The van der Waals surface area contributed by atoms with Crippen LogP contribution in [0, 0.1) is 6.92 Å². The predicted octanol–water partition coefficient (Wildman–Crippen LogP) is 4.36. The molecule has 0 bridgehead atoms. The largest absolute Gasteiger partial charge is 0.324 e. The van der Waals surface area contributed by atoms with Gasteiger partial charge in [-0.15, -0.1) is 11.3 Å². The lowest BCUT2D eigenvalue weighted by molar-refractivity contribution is 0.207. The van der Waals surface area contributed by atoms with E-state index in [2.05, 4.69) is 67.4 Å². The zero-order chi connectivity index (χ0) is 15.2. The van der Waals surface area contributed by atoms with Crippen molar-refractivity contribution in [3.05, 3.63) is 57.8 Å². The van der Waals surface area contributed by atoms with Gasteiger partial charge in [-0.2, -0.15) is 0 Å². The Bertz CT molecular complexity index is 534. The average Bonchev–Trinajstić information content (AvgIpc) is 2.96. The maximum atomic E-state index is 6.39. The first-order chi connectivity index (χ1) is 10.1. The normalized spacial score (nSPS) is 13.0. The zero-order valence-electron chi connectivity index (χ0n) is 13.3. The Labute approximate surface area is 132 Å². The summed E-state index contributed by atoms with van der Waals surface area (Å²) in [4.78, 5) is 3.93. The van der Waals surface area contributed by atoms with Gasteiger partial charge < -0.3 is 5.73 Å². The molecule has 2 rings (SSSR count). The Morgan fingerprint density at radius 2 is 1.90 bits per heavy atom. The van der Waals surface area contributed by atoms with Gasteiger partial charge in [-0.1, -0.05) is 30.3 Å². The lowest BCUT2D eigenvalue weighted by Crippen LogP contribution is -2.32. The van der Waals surface area contributed by atoms with Gasteiger partial charge in [-0.05, 0) is 49.8 Å². The number of thiophene rings is 1. The second kappa shape index (κ2) is 7.74. The molecule has 0 aliphatic carbocycles. The van der Waals surface area contributed by atoms with Gasteiger partial charge in [-0.3, -0.25) is 4.90 Å². The fourth-order valence-electron chi connectivity index (χ4n) is 2.59. The first-order valence-corrected chi connectivity index (χ1v) is 8.53. The Kier molecular flexibility index (Phi) is 5.97. The second-order valence-corrected chi connectivity index (χ2v) is 6.93. The molecule has 1 atom stereocenters. The van der Waals surface area contributed by atoms with E-state index < -0.39 is 0 Å². The fourth-order valence-corrected chi connectivity index (χ4v) is 3.32. The van der Waals surface area contributed by atoms with E-state index in [0.717, 1.165) is 19.5 Å². The van der Waals surface area contributed by atoms with E-state index >= 15 is 0 Å². The van der Waals surface area contributed by atoms with Crippen LogP contribution >= 0.6 is 11.3 Å². The first-order valence-electron chi connectivity index (χ1n) is 7.65. The molecule has 114 valence electrons. The third-order valence-corrected chi connectivity index (χ3v) is 4.85. The molecule has 0 fully saturated rings. The minimum Gasteiger partial charge on any atom is -0.324 e. The number of benzene rings is 1. The summed E-state index contributed by atoms with van der Waals surface area (Å²) < 4.78 is 0. The van der Waals surface area contributed by atoms with Crippen LogP contribution in [0.15, 0.2) is 41.8 Å². The maximum absolute atomic E-state index is 6.39. The summed E-state index contributed by atoms with van der Waals surface area (Å²) in [7, 11) is 0. The van der Waals surface area contributed by atoms with E-state index in [0.29, 0.717) is 6.04 Å². The monoisotopic (exact) mass is 302 g/mol. The Hall–Kier alpha value is -1.16. The highest BCUT2D eigenvalue weighted by molar-refractivity contribution is 7.09. The Balaban J connectivity index is 1.94. The lowest BCUT2D eigenvalue weighted by Gasteiger charge is -2.27. The van der Waals surface area contributed by atoms with Crippen molar-refractivity contribution < 1.29 is 0 Å². The van der Waals surface area contributed by atoms with Crippen molar-refractivity contribution in [2.75, 3.05) is 6.54 Å². The molecule has 0 saturated heterocycles. The van der Waals surface area contributed by atoms with Crippen LogP contribution in [0.25, 0.3) is 0 Å². The zero-order valence-corrected chi connectivity index (χ0v) is 14.1. The first kappa shape index (κ1) is 16.2. The van der Waals surface area contributed by atoms with Crippen molar-refractivity contribution in [2.45, 2.75) is 45.8 Å². The number of hydrogen-bond donors (Lipinski definition) is 1. The van der Waals surface area contributed by atoms with E-state index in [-0.39, 0.29) is 6.04 Å². The van der Waals surface area contributed by atoms with Gasteiger partial charge in [-0.25, -0.2) is 0 Å². The molecule has 2 N–H and O–H groups in total. The summed E-state index contributed by atoms with van der Waals surface area (Å²) in [5, 5.41) is 2.15. The molecule has 0 aliphatic heterocycles. The average molecular weight is 302 g/mol. The smallest absolute Gasteiger partial charge is 0.0330 e. The molecule has 1 heterocycles. The molecule has 0 aliphatic rings. The van der Waals surface area contributed by atoms with Crippen LogP contribution < -0.4 is 5.73 Å². The molecule has 2 nitrogen and oxygen atoms in total. The standard InChI is InChI=1S/C18H26N2S/c1-14(2)20(13-16-8-6-12-21-16)11-10-18(19)17-9-5-4-7-15(17)3/h4-9,12,14,18H,10-11,13,19H2,1-3H3. The maximum Gasteiger partial charge on any atom is 0.0330 e. The van der Waals surface area contributed by atoms with Gasteiger partial charge in [0.1, 0.15) is 0 Å². The molecular weight excluding hydrogens is 276 g/mol.